The number of likely N-dealkylation sites (tertiary alicyclic amines) is 1. The van der Waals surface area contributed by atoms with Gasteiger partial charge < -0.3 is 15.0 Å². The minimum Gasteiger partial charge on any atom is -0.457 e. The number of quaternary nitrogens is 1. The lowest BCUT2D eigenvalue weighted by Gasteiger charge is -2.27. The first-order valence-electron chi connectivity index (χ1n) is 10.8. The summed E-state index contributed by atoms with van der Waals surface area (Å²) in [7, 11) is 0. The number of fused-ring (bicyclic) bond motifs is 2. The second kappa shape index (κ2) is 8.33. The first-order chi connectivity index (χ1) is 14.8. The molecule has 0 bridgehead atoms. The van der Waals surface area contributed by atoms with E-state index in [1.807, 2.05) is 48.5 Å². The molecule has 2 heterocycles. The monoisotopic (exact) mass is 399 g/mol. The Bertz CT molecular complexity index is 993. The zero-order valence-corrected chi connectivity index (χ0v) is 17.1. The predicted octanol–water partition coefficient (Wildman–Crippen LogP) is 3.42. The number of hydrogen-bond donors (Lipinski definition) is 2. The van der Waals surface area contributed by atoms with Crippen molar-refractivity contribution in [3.8, 4) is 11.5 Å². The first kappa shape index (κ1) is 18.9. The van der Waals surface area contributed by atoms with Crippen LogP contribution in [-0.4, -0.2) is 19.0 Å². The van der Waals surface area contributed by atoms with Crippen LogP contribution in [0.2, 0.25) is 0 Å². The zero-order chi connectivity index (χ0) is 20.3. The maximum absolute atomic E-state index is 13.2. The van der Waals surface area contributed by atoms with Crippen LogP contribution < -0.4 is 15.0 Å². The van der Waals surface area contributed by atoms with Gasteiger partial charge >= 0.3 is 0 Å². The van der Waals surface area contributed by atoms with Gasteiger partial charge in [0, 0.05) is 36.1 Å². The average Bonchev–Trinajstić information content (AvgIpc) is 3.30. The van der Waals surface area contributed by atoms with E-state index >= 15 is 0 Å². The van der Waals surface area contributed by atoms with Crippen molar-refractivity contribution in [2.24, 2.45) is 0 Å². The number of amides is 1. The Balaban J connectivity index is 1.29. The lowest BCUT2D eigenvalue weighted by Crippen LogP contribution is -3.08. The Labute approximate surface area is 177 Å². The van der Waals surface area contributed by atoms with Crippen LogP contribution in [0.1, 0.15) is 41.0 Å². The lowest BCUT2D eigenvalue weighted by atomic mass is 9.87. The Morgan fingerprint density at radius 2 is 1.40 bits per heavy atom. The highest BCUT2D eigenvalue weighted by Crippen LogP contribution is 2.43. The summed E-state index contributed by atoms with van der Waals surface area (Å²) in [5.41, 5.74) is 4.32. The minimum atomic E-state index is -0.357. The van der Waals surface area contributed by atoms with E-state index < -0.39 is 0 Å². The Hall–Kier alpha value is -3.11. The fraction of sp³-hybridized carbons (Fsp3) is 0.269. The molecule has 30 heavy (non-hydrogen) atoms. The van der Waals surface area contributed by atoms with Crippen molar-refractivity contribution >= 4 is 5.91 Å². The number of carbonyl (C=O) groups is 1. The molecule has 0 unspecified atom stereocenters. The van der Waals surface area contributed by atoms with Crippen LogP contribution in [0.25, 0.3) is 0 Å². The number of rotatable bonds is 5. The highest BCUT2D eigenvalue weighted by atomic mass is 16.5. The molecule has 3 aromatic carbocycles. The summed E-state index contributed by atoms with van der Waals surface area (Å²) in [5, 5.41) is 3.14. The molecule has 152 valence electrons. The average molecular weight is 400 g/mol. The van der Waals surface area contributed by atoms with Gasteiger partial charge in [-0.15, -0.1) is 0 Å². The molecular weight excluding hydrogens is 372 g/mol. The van der Waals surface area contributed by atoms with Crippen molar-refractivity contribution in [3.05, 3.63) is 95.1 Å². The van der Waals surface area contributed by atoms with Crippen molar-refractivity contribution < 1.29 is 14.4 Å². The molecule has 0 spiro atoms. The molecular formula is C26H27N2O2+. The van der Waals surface area contributed by atoms with Crippen LogP contribution in [0, 0.1) is 0 Å². The van der Waals surface area contributed by atoms with E-state index in [9.17, 15) is 4.79 Å². The summed E-state index contributed by atoms with van der Waals surface area (Å²) < 4.78 is 6.01. The lowest BCUT2D eigenvalue weighted by molar-refractivity contribution is -0.901. The van der Waals surface area contributed by atoms with Crippen LogP contribution in [-0.2, 0) is 17.9 Å². The standard InChI is InChI=1S/C26H26N2O2/c29-26(27-17-19-11-13-20(14-12-19)18-28-15-5-6-16-28)25-21-7-1-3-9-23(21)30-24-10-4-2-8-22(24)25/h1-4,7-14,25H,5-6,15-18H2,(H,27,29)/p+1. The molecule has 2 aliphatic heterocycles. The van der Waals surface area contributed by atoms with Crippen LogP contribution in [0.5, 0.6) is 11.5 Å². The topological polar surface area (TPSA) is 42.8 Å². The molecule has 4 nitrogen and oxygen atoms in total. The van der Waals surface area contributed by atoms with Crippen molar-refractivity contribution in [1.82, 2.24) is 5.32 Å². The second-order valence-electron chi connectivity index (χ2n) is 8.28. The van der Waals surface area contributed by atoms with Crippen molar-refractivity contribution in [3.63, 3.8) is 0 Å². The fourth-order valence-electron chi connectivity index (χ4n) is 4.60. The molecule has 4 heteroatoms. The summed E-state index contributed by atoms with van der Waals surface area (Å²) in [6.07, 6.45) is 2.69. The molecule has 5 rings (SSSR count). The van der Waals surface area contributed by atoms with E-state index in [-0.39, 0.29) is 11.8 Å². The largest absolute Gasteiger partial charge is 0.457 e. The molecule has 3 aromatic rings. The molecule has 2 N–H and O–H groups in total. The Kier molecular flexibility index (Phi) is 5.24. The predicted molar refractivity (Wildman–Crippen MR) is 117 cm³/mol. The van der Waals surface area contributed by atoms with Gasteiger partial charge in [-0.05, 0) is 17.7 Å². The van der Waals surface area contributed by atoms with Gasteiger partial charge in [-0.2, -0.15) is 0 Å². The van der Waals surface area contributed by atoms with Crippen LogP contribution >= 0.6 is 0 Å². The third kappa shape index (κ3) is 3.83. The number of benzene rings is 3. The molecule has 0 aromatic heterocycles. The molecule has 0 saturated carbocycles. The summed E-state index contributed by atoms with van der Waals surface area (Å²) in [6, 6.07) is 24.3. The highest BCUT2D eigenvalue weighted by molar-refractivity contribution is 5.89. The smallest absolute Gasteiger partial charge is 0.232 e. The van der Waals surface area contributed by atoms with E-state index in [2.05, 4.69) is 29.6 Å². The number of hydrogen-bond acceptors (Lipinski definition) is 2. The fourth-order valence-corrected chi connectivity index (χ4v) is 4.60. The normalized spacial score (nSPS) is 15.9. The molecule has 0 radical (unpaired) electrons. The maximum Gasteiger partial charge on any atom is 0.232 e. The van der Waals surface area contributed by atoms with Crippen LogP contribution in [0.15, 0.2) is 72.8 Å². The van der Waals surface area contributed by atoms with Crippen molar-refractivity contribution in [1.29, 1.82) is 0 Å². The molecule has 1 amide bonds. The maximum atomic E-state index is 13.2. The molecule has 1 fully saturated rings. The zero-order valence-electron chi connectivity index (χ0n) is 17.1. The van der Waals surface area contributed by atoms with Crippen molar-refractivity contribution in [2.45, 2.75) is 31.8 Å². The van der Waals surface area contributed by atoms with E-state index in [0.29, 0.717) is 6.54 Å². The minimum absolute atomic E-state index is 0.00351. The Morgan fingerprint density at radius 1 is 0.833 bits per heavy atom. The van der Waals surface area contributed by atoms with Gasteiger partial charge in [-0.25, -0.2) is 0 Å². The summed E-state index contributed by atoms with van der Waals surface area (Å²) >= 11 is 0. The van der Waals surface area contributed by atoms with Gasteiger partial charge in [-0.1, -0.05) is 60.7 Å². The van der Waals surface area contributed by atoms with Crippen LogP contribution in [0.4, 0.5) is 0 Å². The van der Waals surface area contributed by atoms with Crippen LogP contribution in [0.3, 0.4) is 0 Å². The quantitative estimate of drug-likeness (QED) is 0.690. The van der Waals surface area contributed by atoms with E-state index in [4.69, 9.17) is 4.74 Å². The summed E-state index contributed by atoms with van der Waals surface area (Å²) in [6.45, 7) is 4.19. The number of ether oxygens (including phenoxy) is 1. The molecule has 0 aliphatic carbocycles. The van der Waals surface area contributed by atoms with Gasteiger partial charge in [0.25, 0.3) is 0 Å². The number of para-hydroxylation sites is 2. The van der Waals surface area contributed by atoms with Gasteiger partial charge in [-0.3, -0.25) is 4.79 Å². The van der Waals surface area contributed by atoms with E-state index in [0.717, 1.165) is 34.7 Å². The van der Waals surface area contributed by atoms with E-state index in [1.54, 1.807) is 4.90 Å². The first-order valence-corrected chi connectivity index (χ1v) is 10.8. The van der Waals surface area contributed by atoms with Gasteiger partial charge in [0.2, 0.25) is 5.91 Å². The third-order valence-electron chi connectivity index (χ3n) is 6.20. The molecule has 0 atom stereocenters. The molecule has 2 aliphatic rings. The summed E-state index contributed by atoms with van der Waals surface area (Å²) in [4.78, 5) is 14.9. The highest BCUT2D eigenvalue weighted by Gasteiger charge is 2.32. The van der Waals surface area contributed by atoms with Gasteiger partial charge in [0.1, 0.15) is 18.0 Å². The number of nitrogens with one attached hydrogen (secondary N) is 2. The number of carbonyl (C=O) groups excluding carboxylic acids is 1. The second-order valence-corrected chi connectivity index (χ2v) is 8.28. The van der Waals surface area contributed by atoms with E-state index in [1.165, 1.54) is 31.5 Å². The van der Waals surface area contributed by atoms with Gasteiger partial charge in [0.15, 0.2) is 0 Å². The molecule has 1 saturated heterocycles. The van der Waals surface area contributed by atoms with Gasteiger partial charge in [0.05, 0.1) is 19.0 Å². The SMILES string of the molecule is O=C(NCc1ccc(C[NH+]2CCCC2)cc1)C1c2ccccc2Oc2ccccc21. The Morgan fingerprint density at radius 3 is 2.03 bits per heavy atom. The van der Waals surface area contributed by atoms with Crippen molar-refractivity contribution in [2.75, 3.05) is 13.1 Å². The third-order valence-corrected chi connectivity index (χ3v) is 6.20. The summed E-state index contributed by atoms with van der Waals surface area (Å²) in [5.74, 6) is 1.16.